The second kappa shape index (κ2) is 5.61. The Kier molecular flexibility index (Phi) is 4.41. The molecule has 0 saturated carbocycles. The number of nitrogens with two attached hydrogens (primary N) is 1. The van der Waals surface area contributed by atoms with E-state index in [0.717, 1.165) is 6.07 Å². The number of hydrogen-bond acceptors (Lipinski definition) is 3. The number of benzene rings is 1. The predicted octanol–water partition coefficient (Wildman–Crippen LogP) is 2.50. The van der Waals surface area contributed by atoms with Gasteiger partial charge >= 0.3 is 6.18 Å². The van der Waals surface area contributed by atoms with E-state index in [-0.39, 0.29) is 24.0 Å². The van der Waals surface area contributed by atoms with Gasteiger partial charge in [-0.2, -0.15) is 13.2 Å². The highest BCUT2D eigenvalue weighted by molar-refractivity contribution is 5.82. The van der Waals surface area contributed by atoms with Crippen molar-refractivity contribution in [2.75, 3.05) is 11.9 Å². The van der Waals surface area contributed by atoms with Gasteiger partial charge in [-0.1, -0.05) is 24.2 Å². The summed E-state index contributed by atoms with van der Waals surface area (Å²) in [6.07, 6.45) is -4.41. The van der Waals surface area contributed by atoms with Crippen LogP contribution in [0.4, 0.5) is 18.9 Å². The Balaban J connectivity index is 2.80. The van der Waals surface area contributed by atoms with Crippen LogP contribution in [0.15, 0.2) is 29.4 Å². The smallest absolute Gasteiger partial charge is 0.409 e. The number of alkyl halides is 3. The van der Waals surface area contributed by atoms with E-state index in [4.69, 9.17) is 10.9 Å². The van der Waals surface area contributed by atoms with Crippen LogP contribution in [0.1, 0.15) is 12.5 Å². The first-order valence-corrected chi connectivity index (χ1v) is 5.23. The third-order valence-corrected chi connectivity index (χ3v) is 2.45. The second-order valence-electron chi connectivity index (χ2n) is 3.85. The summed E-state index contributed by atoms with van der Waals surface area (Å²) in [4.78, 5) is 0. The van der Waals surface area contributed by atoms with E-state index in [1.54, 1.807) is 6.92 Å². The largest absolute Gasteiger partial charge is 0.418 e. The van der Waals surface area contributed by atoms with E-state index in [1.165, 1.54) is 18.2 Å². The number of amidine groups is 1. The normalized spacial score (nSPS) is 14.3. The first kappa shape index (κ1) is 14.1. The molecule has 18 heavy (non-hydrogen) atoms. The van der Waals surface area contributed by atoms with Crippen LogP contribution in [-0.2, 0) is 6.18 Å². The van der Waals surface area contributed by atoms with Crippen molar-refractivity contribution in [1.82, 2.24) is 0 Å². The third-order valence-electron chi connectivity index (χ3n) is 2.45. The monoisotopic (exact) mass is 261 g/mol. The van der Waals surface area contributed by atoms with Gasteiger partial charge in [-0.3, -0.25) is 0 Å². The van der Waals surface area contributed by atoms with Gasteiger partial charge in [0, 0.05) is 18.2 Å². The summed E-state index contributed by atoms with van der Waals surface area (Å²) in [5, 5.41) is 13.9. The molecule has 4 nitrogen and oxygen atoms in total. The van der Waals surface area contributed by atoms with Gasteiger partial charge in [0.2, 0.25) is 0 Å². The fraction of sp³-hybridized carbons (Fsp3) is 0.364. The molecular formula is C11H14F3N3O. The minimum absolute atomic E-state index is 0.0254. The molecule has 0 spiro atoms. The molecule has 0 aliphatic heterocycles. The van der Waals surface area contributed by atoms with Crippen molar-refractivity contribution in [2.24, 2.45) is 16.8 Å². The van der Waals surface area contributed by atoms with E-state index < -0.39 is 11.7 Å². The molecule has 1 aromatic carbocycles. The molecule has 0 aliphatic carbocycles. The van der Waals surface area contributed by atoms with Crippen molar-refractivity contribution in [3.05, 3.63) is 29.8 Å². The minimum atomic E-state index is -4.41. The molecular weight excluding hydrogens is 247 g/mol. The van der Waals surface area contributed by atoms with Gasteiger partial charge in [-0.05, 0) is 12.1 Å². The van der Waals surface area contributed by atoms with Crippen molar-refractivity contribution in [1.29, 1.82) is 0 Å². The molecule has 1 atom stereocenters. The number of rotatable bonds is 4. The Hall–Kier alpha value is -1.92. The summed E-state index contributed by atoms with van der Waals surface area (Å²) in [6.45, 7) is 1.78. The first-order valence-electron chi connectivity index (χ1n) is 5.23. The van der Waals surface area contributed by atoms with Gasteiger partial charge < -0.3 is 16.3 Å². The topological polar surface area (TPSA) is 70.6 Å². The Morgan fingerprint density at radius 3 is 2.61 bits per heavy atom. The zero-order valence-corrected chi connectivity index (χ0v) is 9.70. The van der Waals surface area contributed by atoms with Crippen molar-refractivity contribution >= 4 is 11.5 Å². The zero-order chi connectivity index (χ0) is 13.8. The molecule has 100 valence electrons. The van der Waals surface area contributed by atoms with Gasteiger partial charge in [-0.15, -0.1) is 0 Å². The number of para-hydroxylation sites is 1. The van der Waals surface area contributed by atoms with Crippen LogP contribution >= 0.6 is 0 Å². The molecule has 4 N–H and O–H groups in total. The lowest BCUT2D eigenvalue weighted by Crippen LogP contribution is -2.27. The quantitative estimate of drug-likeness (QED) is 0.337. The highest BCUT2D eigenvalue weighted by Gasteiger charge is 2.33. The molecule has 0 radical (unpaired) electrons. The Morgan fingerprint density at radius 1 is 1.44 bits per heavy atom. The van der Waals surface area contributed by atoms with Crippen molar-refractivity contribution < 1.29 is 18.4 Å². The van der Waals surface area contributed by atoms with Crippen LogP contribution in [0.3, 0.4) is 0 Å². The van der Waals surface area contributed by atoms with Gasteiger partial charge in [-0.25, -0.2) is 0 Å². The molecule has 7 heteroatoms. The lowest BCUT2D eigenvalue weighted by molar-refractivity contribution is -0.136. The van der Waals surface area contributed by atoms with Crippen LogP contribution in [0.5, 0.6) is 0 Å². The highest BCUT2D eigenvalue weighted by atomic mass is 19.4. The van der Waals surface area contributed by atoms with E-state index >= 15 is 0 Å². The van der Waals surface area contributed by atoms with Crippen LogP contribution in [0, 0.1) is 5.92 Å². The lowest BCUT2D eigenvalue weighted by atomic mass is 10.1. The van der Waals surface area contributed by atoms with Crippen LogP contribution in [-0.4, -0.2) is 17.6 Å². The second-order valence-corrected chi connectivity index (χ2v) is 3.85. The summed E-state index contributed by atoms with van der Waals surface area (Å²) in [5.74, 6) is -0.414. The number of nitrogens with zero attached hydrogens (tertiary/aromatic N) is 1. The van der Waals surface area contributed by atoms with Gasteiger partial charge in [0.25, 0.3) is 0 Å². The van der Waals surface area contributed by atoms with E-state index in [0.29, 0.717) is 0 Å². The summed E-state index contributed by atoms with van der Waals surface area (Å²) >= 11 is 0. The lowest BCUT2D eigenvalue weighted by Gasteiger charge is -2.16. The van der Waals surface area contributed by atoms with Crippen molar-refractivity contribution in [3.63, 3.8) is 0 Å². The molecule has 0 fully saturated rings. The molecule has 1 aromatic rings. The van der Waals surface area contributed by atoms with Crippen LogP contribution in [0.2, 0.25) is 0 Å². The number of nitrogens with one attached hydrogen (secondary N) is 1. The molecule has 0 bridgehead atoms. The number of anilines is 1. The zero-order valence-electron chi connectivity index (χ0n) is 9.70. The Morgan fingerprint density at radius 2 is 2.06 bits per heavy atom. The predicted molar refractivity (Wildman–Crippen MR) is 62.5 cm³/mol. The summed E-state index contributed by atoms with van der Waals surface area (Å²) in [5.41, 5.74) is 4.58. The maximum atomic E-state index is 12.7. The number of halogens is 3. The maximum absolute atomic E-state index is 12.7. The van der Waals surface area contributed by atoms with Gasteiger partial charge in [0.05, 0.1) is 5.56 Å². The molecule has 1 unspecified atom stereocenters. The first-order chi connectivity index (χ1) is 8.36. The molecule has 0 aliphatic rings. The van der Waals surface area contributed by atoms with E-state index in [1.807, 2.05) is 0 Å². The summed E-state index contributed by atoms with van der Waals surface area (Å²) in [7, 11) is 0. The Labute approximate surface area is 102 Å². The van der Waals surface area contributed by atoms with E-state index in [9.17, 15) is 13.2 Å². The molecule has 0 aromatic heterocycles. The van der Waals surface area contributed by atoms with Crippen LogP contribution in [0.25, 0.3) is 0 Å². The minimum Gasteiger partial charge on any atom is -0.409 e. The fourth-order valence-electron chi connectivity index (χ4n) is 1.35. The standard InChI is InChI=1S/C11H14F3N3O/c1-7(10(15)17-18)6-16-9-5-3-2-4-8(9)11(12,13)14/h2-5,7,16,18H,6H2,1H3,(H2,15,17). The maximum Gasteiger partial charge on any atom is 0.418 e. The average molecular weight is 261 g/mol. The van der Waals surface area contributed by atoms with Gasteiger partial charge in [0.1, 0.15) is 5.84 Å². The molecule has 0 heterocycles. The summed E-state index contributed by atoms with van der Waals surface area (Å²) in [6, 6.07) is 5.16. The molecule has 1 rings (SSSR count). The fourth-order valence-corrected chi connectivity index (χ4v) is 1.35. The molecule has 0 saturated heterocycles. The van der Waals surface area contributed by atoms with E-state index in [2.05, 4.69) is 10.5 Å². The SMILES string of the molecule is CC(CNc1ccccc1C(F)(F)F)C(N)=NO. The third kappa shape index (κ3) is 3.54. The number of oxime groups is 1. The molecule has 0 amide bonds. The highest BCUT2D eigenvalue weighted by Crippen LogP contribution is 2.34. The van der Waals surface area contributed by atoms with Crippen molar-refractivity contribution in [2.45, 2.75) is 13.1 Å². The average Bonchev–Trinajstić information content (AvgIpc) is 2.34. The van der Waals surface area contributed by atoms with Crippen LogP contribution < -0.4 is 11.1 Å². The van der Waals surface area contributed by atoms with Crippen molar-refractivity contribution in [3.8, 4) is 0 Å². The number of hydrogen-bond donors (Lipinski definition) is 3. The Bertz CT molecular complexity index is 432. The summed E-state index contributed by atoms with van der Waals surface area (Å²) < 4.78 is 38.0. The van der Waals surface area contributed by atoms with Gasteiger partial charge in [0.15, 0.2) is 0 Å².